The van der Waals surface area contributed by atoms with Gasteiger partial charge < -0.3 is 4.74 Å². The van der Waals surface area contributed by atoms with E-state index in [1.54, 1.807) is 24.4 Å². The van der Waals surface area contributed by atoms with E-state index in [1.807, 2.05) is 25.1 Å². The molecule has 0 saturated heterocycles. The van der Waals surface area contributed by atoms with Crippen LogP contribution >= 0.6 is 0 Å². The van der Waals surface area contributed by atoms with Gasteiger partial charge in [-0.2, -0.15) is 28.6 Å². The van der Waals surface area contributed by atoms with Gasteiger partial charge in [0.15, 0.2) is 0 Å². The van der Waals surface area contributed by atoms with E-state index in [-0.39, 0.29) is 0 Å². The molecule has 0 unspecified atom stereocenters. The minimum atomic E-state index is -4.37. The van der Waals surface area contributed by atoms with E-state index < -0.39 is 11.7 Å². The Morgan fingerprint density at radius 1 is 1.12 bits per heavy atom. The van der Waals surface area contributed by atoms with E-state index in [1.165, 1.54) is 6.07 Å². The summed E-state index contributed by atoms with van der Waals surface area (Å²) in [5.74, 6) is 0.604. The zero-order valence-corrected chi connectivity index (χ0v) is 13.9. The number of rotatable bonds is 5. The first-order valence-corrected chi connectivity index (χ1v) is 7.96. The Bertz CT molecular complexity index is 903. The van der Waals surface area contributed by atoms with E-state index in [0.717, 1.165) is 23.3 Å². The first-order valence-electron chi connectivity index (χ1n) is 7.96. The predicted molar refractivity (Wildman–Crippen MR) is 93.4 cm³/mol. The van der Waals surface area contributed by atoms with Crippen molar-refractivity contribution in [2.24, 2.45) is 0 Å². The third-order valence-electron chi connectivity index (χ3n) is 3.69. The Hall–Kier alpha value is -3.09. The molecular formula is C19H16F3N3O. The molecule has 0 radical (unpaired) electrons. The van der Waals surface area contributed by atoms with E-state index in [4.69, 9.17) is 4.74 Å². The molecule has 0 bridgehead atoms. The maximum absolute atomic E-state index is 12.8. The third kappa shape index (κ3) is 3.93. The van der Waals surface area contributed by atoms with Crippen molar-refractivity contribution < 1.29 is 17.9 Å². The van der Waals surface area contributed by atoms with Crippen LogP contribution in [0.2, 0.25) is 0 Å². The third-order valence-corrected chi connectivity index (χ3v) is 3.69. The van der Waals surface area contributed by atoms with Crippen LogP contribution in [0.25, 0.3) is 23.4 Å². The molecule has 0 saturated carbocycles. The highest BCUT2D eigenvalue weighted by Gasteiger charge is 2.30. The van der Waals surface area contributed by atoms with Crippen molar-refractivity contribution in [1.29, 1.82) is 0 Å². The van der Waals surface area contributed by atoms with E-state index in [9.17, 15) is 13.2 Å². The predicted octanol–water partition coefficient (Wildman–Crippen LogP) is 5.06. The molecule has 4 nitrogen and oxygen atoms in total. The topological polar surface area (TPSA) is 50.8 Å². The minimum Gasteiger partial charge on any atom is -0.493 e. The fourth-order valence-electron chi connectivity index (χ4n) is 2.53. The zero-order chi connectivity index (χ0) is 18.6. The van der Waals surface area contributed by atoms with Gasteiger partial charge in [-0.05, 0) is 30.7 Å². The lowest BCUT2D eigenvalue weighted by Crippen LogP contribution is -2.04. The number of H-pyrrole nitrogens is 1. The molecule has 26 heavy (non-hydrogen) atoms. The number of aromatic amines is 1. The molecule has 134 valence electrons. The zero-order valence-electron chi connectivity index (χ0n) is 13.9. The maximum atomic E-state index is 12.8. The van der Waals surface area contributed by atoms with Crippen LogP contribution in [0.1, 0.15) is 23.6 Å². The Balaban J connectivity index is 1.97. The lowest BCUT2D eigenvalue weighted by atomic mass is 10.0. The van der Waals surface area contributed by atoms with Gasteiger partial charge >= 0.3 is 6.18 Å². The average molecular weight is 359 g/mol. The number of benzene rings is 2. The van der Waals surface area contributed by atoms with Gasteiger partial charge in [0.05, 0.1) is 18.4 Å². The monoisotopic (exact) mass is 359 g/mol. The van der Waals surface area contributed by atoms with Gasteiger partial charge in [0.1, 0.15) is 11.4 Å². The van der Waals surface area contributed by atoms with Gasteiger partial charge in [-0.3, -0.25) is 0 Å². The highest BCUT2D eigenvalue weighted by molar-refractivity contribution is 5.79. The van der Waals surface area contributed by atoms with Crippen molar-refractivity contribution in [3.05, 3.63) is 65.4 Å². The van der Waals surface area contributed by atoms with Gasteiger partial charge in [0, 0.05) is 11.1 Å². The van der Waals surface area contributed by atoms with Crippen LogP contribution in [0.3, 0.4) is 0 Å². The van der Waals surface area contributed by atoms with Crippen LogP contribution in [-0.4, -0.2) is 22.0 Å². The van der Waals surface area contributed by atoms with Crippen molar-refractivity contribution in [2.45, 2.75) is 13.1 Å². The molecule has 0 fully saturated rings. The molecule has 0 aliphatic carbocycles. The van der Waals surface area contributed by atoms with Gasteiger partial charge in [0.2, 0.25) is 0 Å². The van der Waals surface area contributed by atoms with E-state index in [0.29, 0.717) is 23.6 Å². The molecule has 1 aromatic heterocycles. The Kier molecular flexibility index (Phi) is 5.06. The number of aromatic nitrogens is 3. The summed E-state index contributed by atoms with van der Waals surface area (Å²) in [6, 6.07) is 10.7. The van der Waals surface area contributed by atoms with Crippen LogP contribution < -0.4 is 4.74 Å². The summed E-state index contributed by atoms with van der Waals surface area (Å²) in [6.07, 6.45) is 0.565. The molecule has 2 aromatic carbocycles. The molecular weight excluding hydrogens is 343 g/mol. The maximum Gasteiger partial charge on any atom is 0.416 e. The molecule has 1 heterocycles. The van der Waals surface area contributed by atoms with Crippen LogP contribution in [0, 0.1) is 0 Å². The van der Waals surface area contributed by atoms with E-state index >= 15 is 0 Å². The molecule has 0 amide bonds. The molecule has 1 N–H and O–H groups in total. The summed E-state index contributed by atoms with van der Waals surface area (Å²) in [7, 11) is 0. The summed E-state index contributed by atoms with van der Waals surface area (Å²) >= 11 is 0. The summed E-state index contributed by atoms with van der Waals surface area (Å²) < 4.78 is 44.3. The van der Waals surface area contributed by atoms with E-state index in [2.05, 4.69) is 15.4 Å². The van der Waals surface area contributed by atoms with Gasteiger partial charge in [-0.1, -0.05) is 36.4 Å². The molecule has 0 aliphatic heterocycles. The number of alkyl halides is 3. The fraction of sp³-hybridized carbons (Fsp3) is 0.158. The second kappa shape index (κ2) is 7.43. The highest BCUT2D eigenvalue weighted by Crippen LogP contribution is 2.34. The number of ether oxygens (including phenoxy) is 1. The van der Waals surface area contributed by atoms with Crippen molar-refractivity contribution in [1.82, 2.24) is 15.4 Å². The van der Waals surface area contributed by atoms with Gasteiger partial charge in [-0.15, -0.1) is 0 Å². The fourth-order valence-corrected chi connectivity index (χ4v) is 2.53. The number of hydrogen-bond acceptors (Lipinski definition) is 3. The first-order chi connectivity index (χ1) is 12.5. The standard InChI is InChI=1S/C19H16F3N3O/c1-2-26-18-14(6-4-8-16(18)17-12-23-25-24-17)10-9-13-5-3-7-15(11-13)19(20,21)22/h3-12H,2H2,1H3,(H,23,24,25)/b10-9+. The Morgan fingerprint density at radius 2 is 1.92 bits per heavy atom. The summed E-state index contributed by atoms with van der Waals surface area (Å²) in [5, 5.41) is 10.4. The van der Waals surface area contributed by atoms with Crippen molar-refractivity contribution in [3.63, 3.8) is 0 Å². The first kappa shape index (κ1) is 17.7. The molecule has 7 heteroatoms. The summed E-state index contributed by atoms with van der Waals surface area (Å²) in [4.78, 5) is 0. The van der Waals surface area contributed by atoms with Crippen LogP contribution in [0.15, 0.2) is 48.7 Å². The number of nitrogens with one attached hydrogen (secondary N) is 1. The Labute approximate surface area is 148 Å². The van der Waals surface area contributed by atoms with Crippen molar-refractivity contribution in [3.8, 4) is 17.0 Å². The van der Waals surface area contributed by atoms with Crippen LogP contribution in [0.5, 0.6) is 5.75 Å². The van der Waals surface area contributed by atoms with Crippen molar-refractivity contribution in [2.75, 3.05) is 6.61 Å². The molecule has 0 aliphatic rings. The summed E-state index contributed by atoms with van der Waals surface area (Å²) in [6.45, 7) is 2.30. The smallest absolute Gasteiger partial charge is 0.416 e. The second-order valence-electron chi connectivity index (χ2n) is 5.47. The summed E-state index contributed by atoms with van der Waals surface area (Å²) in [5.41, 5.74) is 1.90. The number of para-hydroxylation sites is 1. The van der Waals surface area contributed by atoms with Crippen molar-refractivity contribution >= 4 is 12.2 Å². The quantitative estimate of drug-likeness (QED) is 0.648. The van der Waals surface area contributed by atoms with Gasteiger partial charge in [-0.25, -0.2) is 0 Å². The average Bonchev–Trinajstić information content (AvgIpc) is 3.15. The number of nitrogens with zero attached hydrogens (tertiary/aromatic N) is 2. The molecule has 0 atom stereocenters. The lowest BCUT2D eigenvalue weighted by molar-refractivity contribution is -0.137. The van der Waals surface area contributed by atoms with Crippen LogP contribution in [0.4, 0.5) is 13.2 Å². The normalized spacial score (nSPS) is 11.8. The van der Waals surface area contributed by atoms with Gasteiger partial charge in [0.25, 0.3) is 0 Å². The highest BCUT2D eigenvalue weighted by atomic mass is 19.4. The second-order valence-corrected chi connectivity index (χ2v) is 5.47. The van der Waals surface area contributed by atoms with Crippen LogP contribution in [-0.2, 0) is 6.18 Å². The lowest BCUT2D eigenvalue weighted by Gasteiger charge is -2.11. The SMILES string of the molecule is CCOc1c(/C=C/c2cccc(C(F)(F)F)c2)cccc1-c1cn[nH]n1. The minimum absolute atomic E-state index is 0.444. The molecule has 0 spiro atoms. The number of halogens is 3. The number of hydrogen-bond donors (Lipinski definition) is 1. The molecule has 3 rings (SSSR count). The molecule has 3 aromatic rings. The largest absolute Gasteiger partial charge is 0.493 e. The Morgan fingerprint density at radius 3 is 2.62 bits per heavy atom.